The average Bonchev–Trinajstić information content (AvgIpc) is 3.33. The van der Waals surface area contributed by atoms with Gasteiger partial charge in [-0.3, -0.25) is 15.2 Å². The number of carbonyl (C=O) groups excluding carboxylic acids is 1. The van der Waals surface area contributed by atoms with E-state index >= 15 is 4.39 Å². The summed E-state index contributed by atoms with van der Waals surface area (Å²) >= 11 is 0. The number of methoxy groups -OCH3 is 1. The Morgan fingerprint density at radius 1 is 1.23 bits per heavy atom. The third-order valence-corrected chi connectivity index (χ3v) is 5.59. The molecule has 2 atom stereocenters. The number of nitrogens with one attached hydrogen (secondary N) is 3. The van der Waals surface area contributed by atoms with Crippen LogP contribution >= 0.6 is 0 Å². The van der Waals surface area contributed by atoms with Gasteiger partial charge in [-0.2, -0.15) is 0 Å². The lowest BCUT2D eigenvalue weighted by molar-refractivity contribution is -0.143. The lowest BCUT2D eigenvalue weighted by atomic mass is 10.0. The standard InChI is InChI=1S/C26H27FN8O5/c1-14(13-39-15(2)36)40-20-12-18(38-3)11-19(21(20)27)22(32-17-7-5-16(6-8-17)23(28)29)24-33-26(37)35(34-24)25-30-9-4-10-31-25/h4-12,14,22,32H,13H2,1-3H3,(H3,28,29)(H,33,34,37)/t14-,22?/m0/s1. The van der Waals surface area contributed by atoms with E-state index in [1.807, 2.05) is 0 Å². The topological polar surface area (TPSA) is 183 Å². The number of H-pyrrole nitrogens is 1. The molecule has 0 amide bonds. The number of benzene rings is 2. The minimum Gasteiger partial charge on any atom is -0.497 e. The van der Waals surface area contributed by atoms with Crippen molar-refractivity contribution in [1.82, 2.24) is 24.7 Å². The molecular weight excluding hydrogens is 523 g/mol. The van der Waals surface area contributed by atoms with Crippen LogP contribution < -0.4 is 26.2 Å². The number of carbonyl (C=O) groups is 1. The number of anilines is 1. The summed E-state index contributed by atoms with van der Waals surface area (Å²) in [5, 5.41) is 15.1. The Morgan fingerprint density at radius 2 is 1.93 bits per heavy atom. The van der Waals surface area contributed by atoms with E-state index in [4.69, 9.17) is 25.4 Å². The van der Waals surface area contributed by atoms with Crippen LogP contribution in [0.5, 0.6) is 11.5 Å². The van der Waals surface area contributed by atoms with Gasteiger partial charge >= 0.3 is 11.7 Å². The summed E-state index contributed by atoms with van der Waals surface area (Å²) in [7, 11) is 1.41. The van der Waals surface area contributed by atoms with Crippen molar-refractivity contribution >= 4 is 17.5 Å². The van der Waals surface area contributed by atoms with E-state index < -0.39 is 29.6 Å². The number of hydrogen-bond acceptors (Lipinski definition) is 10. The Morgan fingerprint density at radius 3 is 2.55 bits per heavy atom. The first-order valence-electron chi connectivity index (χ1n) is 12.0. The van der Waals surface area contributed by atoms with Crippen LogP contribution in [0.25, 0.3) is 5.95 Å². The number of amidine groups is 1. The van der Waals surface area contributed by atoms with Crippen LogP contribution in [0.2, 0.25) is 0 Å². The van der Waals surface area contributed by atoms with E-state index in [2.05, 4.69) is 25.4 Å². The van der Waals surface area contributed by atoms with Crippen LogP contribution in [0.3, 0.4) is 0 Å². The lowest BCUT2D eigenvalue weighted by Crippen LogP contribution is -2.22. The molecule has 0 radical (unpaired) electrons. The molecule has 4 rings (SSSR count). The number of ether oxygens (including phenoxy) is 3. The third-order valence-electron chi connectivity index (χ3n) is 5.59. The second-order valence-electron chi connectivity index (χ2n) is 8.60. The predicted octanol–water partition coefficient (Wildman–Crippen LogP) is 2.31. The summed E-state index contributed by atoms with van der Waals surface area (Å²) < 4.78 is 33.1. The molecule has 0 aliphatic carbocycles. The number of rotatable bonds is 11. The van der Waals surface area contributed by atoms with Crippen LogP contribution in [0, 0.1) is 11.2 Å². The van der Waals surface area contributed by atoms with Gasteiger partial charge in [-0.15, -0.1) is 9.78 Å². The molecule has 5 N–H and O–H groups in total. The first-order valence-corrected chi connectivity index (χ1v) is 12.0. The highest BCUT2D eigenvalue weighted by Gasteiger charge is 2.27. The van der Waals surface area contributed by atoms with Crippen molar-refractivity contribution in [2.24, 2.45) is 5.73 Å². The molecular formula is C26H27FN8O5. The molecule has 0 aliphatic heterocycles. The number of esters is 1. The molecule has 2 heterocycles. The quantitative estimate of drug-likeness (QED) is 0.123. The summed E-state index contributed by atoms with van der Waals surface area (Å²) in [5.74, 6) is -1.21. The first kappa shape index (κ1) is 27.8. The van der Waals surface area contributed by atoms with E-state index in [-0.39, 0.29) is 41.3 Å². The summed E-state index contributed by atoms with van der Waals surface area (Å²) in [6, 6.07) is 9.86. The van der Waals surface area contributed by atoms with Crippen LogP contribution in [0.4, 0.5) is 10.1 Å². The van der Waals surface area contributed by atoms with Crippen molar-refractivity contribution in [3.8, 4) is 17.4 Å². The van der Waals surface area contributed by atoms with Crippen molar-refractivity contribution < 1.29 is 23.4 Å². The molecule has 14 heteroatoms. The highest BCUT2D eigenvalue weighted by Crippen LogP contribution is 2.35. The molecule has 40 heavy (non-hydrogen) atoms. The maximum atomic E-state index is 16.1. The van der Waals surface area contributed by atoms with E-state index in [0.717, 1.165) is 4.68 Å². The van der Waals surface area contributed by atoms with Gasteiger partial charge in [0, 0.05) is 42.2 Å². The molecule has 4 aromatic rings. The number of hydrogen-bond donors (Lipinski definition) is 4. The smallest absolute Gasteiger partial charge is 0.350 e. The molecule has 0 aliphatic rings. The minimum absolute atomic E-state index is 0.0222. The van der Waals surface area contributed by atoms with Gasteiger partial charge in [-0.25, -0.2) is 19.2 Å². The Hall–Kier alpha value is -5.27. The molecule has 2 aromatic carbocycles. The van der Waals surface area contributed by atoms with Crippen molar-refractivity contribution in [1.29, 1.82) is 5.41 Å². The average molecular weight is 551 g/mol. The number of aromatic nitrogens is 5. The van der Waals surface area contributed by atoms with Gasteiger partial charge in [0.25, 0.3) is 5.95 Å². The van der Waals surface area contributed by atoms with Gasteiger partial charge in [0.05, 0.1) is 7.11 Å². The van der Waals surface area contributed by atoms with Gasteiger partial charge in [0.2, 0.25) is 0 Å². The largest absolute Gasteiger partial charge is 0.497 e. The number of aromatic amines is 1. The van der Waals surface area contributed by atoms with Crippen molar-refractivity contribution in [2.75, 3.05) is 19.0 Å². The SMILES string of the molecule is COc1cc(O[C@@H](C)COC(C)=O)c(F)c(C(Nc2ccc(C(=N)N)cc2)c2nn(-c3ncccn3)c(=O)[nH]2)c1. The van der Waals surface area contributed by atoms with Gasteiger partial charge in [-0.1, -0.05) is 0 Å². The Balaban J connectivity index is 1.80. The number of nitrogens with two attached hydrogens (primary N) is 1. The molecule has 0 saturated heterocycles. The molecule has 0 saturated carbocycles. The van der Waals surface area contributed by atoms with E-state index in [9.17, 15) is 9.59 Å². The van der Waals surface area contributed by atoms with Crippen LogP contribution in [0.1, 0.15) is 36.8 Å². The highest BCUT2D eigenvalue weighted by molar-refractivity contribution is 5.95. The number of nitrogen functional groups attached to an aromatic ring is 1. The minimum atomic E-state index is -1.07. The Kier molecular flexibility index (Phi) is 8.37. The fraction of sp³-hybridized carbons (Fsp3) is 0.231. The third kappa shape index (κ3) is 6.40. The summed E-state index contributed by atoms with van der Waals surface area (Å²) in [5.41, 5.74) is 5.95. The van der Waals surface area contributed by atoms with Crippen molar-refractivity contribution in [2.45, 2.75) is 26.0 Å². The maximum absolute atomic E-state index is 16.1. The van der Waals surface area contributed by atoms with Crippen molar-refractivity contribution in [3.63, 3.8) is 0 Å². The second-order valence-corrected chi connectivity index (χ2v) is 8.60. The lowest BCUT2D eigenvalue weighted by Gasteiger charge is -2.22. The normalized spacial score (nSPS) is 12.3. The fourth-order valence-corrected chi connectivity index (χ4v) is 3.71. The van der Waals surface area contributed by atoms with Crippen LogP contribution in [0.15, 0.2) is 59.7 Å². The van der Waals surface area contributed by atoms with Gasteiger partial charge < -0.3 is 25.3 Å². The van der Waals surface area contributed by atoms with Gasteiger partial charge in [0.1, 0.15) is 30.3 Å². The zero-order chi connectivity index (χ0) is 28.8. The monoisotopic (exact) mass is 550 g/mol. The highest BCUT2D eigenvalue weighted by atomic mass is 19.1. The van der Waals surface area contributed by atoms with Crippen LogP contribution in [-0.2, 0) is 9.53 Å². The first-order chi connectivity index (χ1) is 19.2. The Labute approximate surface area is 227 Å². The summed E-state index contributed by atoms with van der Waals surface area (Å²) in [6.07, 6.45) is 2.23. The molecule has 0 fully saturated rings. The molecule has 2 aromatic heterocycles. The van der Waals surface area contributed by atoms with Gasteiger partial charge in [0.15, 0.2) is 17.4 Å². The fourth-order valence-electron chi connectivity index (χ4n) is 3.71. The summed E-state index contributed by atoms with van der Waals surface area (Å²) in [4.78, 5) is 34.7. The summed E-state index contributed by atoms with van der Waals surface area (Å²) in [6.45, 7) is 2.78. The number of halogens is 1. The maximum Gasteiger partial charge on any atom is 0.350 e. The number of nitrogens with zero attached hydrogens (tertiary/aromatic N) is 4. The predicted molar refractivity (Wildman–Crippen MR) is 142 cm³/mol. The molecule has 208 valence electrons. The molecule has 13 nitrogen and oxygen atoms in total. The van der Waals surface area contributed by atoms with Crippen molar-refractivity contribution in [3.05, 3.63) is 88.1 Å². The zero-order valence-corrected chi connectivity index (χ0v) is 21.8. The van der Waals surface area contributed by atoms with Gasteiger partial charge in [-0.05, 0) is 43.3 Å². The zero-order valence-electron chi connectivity index (χ0n) is 21.8. The Bertz CT molecular complexity index is 1560. The van der Waals surface area contributed by atoms with E-state index in [0.29, 0.717) is 11.3 Å². The van der Waals surface area contributed by atoms with E-state index in [1.165, 1.54) is 38.6 Å². The molecule has 0 spiro atoms. The second kappa shape index (κ2) is 12.1. The van der Waals surface area contributed by atoms with Crippen LogP contribution in [-0.4, -0.2) is 56.4 Å². The van der Waals surface area contributed by atoms with E-state index in [1.54, 1.807) is 37.3 Å². The molecule has 1 unspecified atom stereocenters. The molecule has 0 bridgehead atoms.